The van der Waals surface area contributed by atoms with E-state index in [-0.39, 0.29) is 12.2 Å². The standard InChI is InChI=1S/C8H14F3NOS/c1-6(2)12(5-8(9,10)11)7(13)3-4-14/h6,14H,3-5H2,1-2H3. The van der Waals surface area contributed by atoms with E-state index in [1.165, 1.54) is 0 Å². The van der Waals surface area contributed by atoms with E-state index < -0.39 is 24.7 Å². The summed E-state index contributed by atoms with van der Waals surface area (Å²) in [7, 11) is 0. The first-order valence-electron chi connectivity index (χ1n) is 4.25. The summed E-state index contributed by atoms with van der Waals surface area (Å²) in [5.41, 5.74) is 0. The number of hydrogen-bond donors (Lipinski definition) is 1. The molecule has 0 saturated carbocycles. The summed E-state index contributed by atoms with van der Waals surface area (Å²) in [6.07, 6.45) is -4.30. The number of thiol groups is 1. The fourth-order valence-corrected chi connectivity index (χ4v) is 1.18. The maximum Gasteiger partial charge on any atom is 0.406 e. The van der Waals surface area contributed by atoms with Crippen LogP contribution in [-0.4, -0.2) is 35.3 Å². The van der Waals surface area contributed by atoms with Crippen molar-refractivity contribution in [3.05, 3.63) is 0 Å². The van der Waals surface area contributed by atoms with Crippen molar-refractivity contribution in [2.75, 3.05) is 12.3 Å². The highest BCUT2D eigenvalue weighted by Crippen LogP contribution is 2.18. The topological polar surface area (TPSA) is 20.3 Å². The van der Waals surface area contributed by atoms with Crippen molar-refractivity contribution >= 4 is 18.5 Å². The Morgan fingerprint density at radius 1 is 1.43 bits per heavy atom. The molecule has 0 unspecified atom stereocenters. The van der Waals surface area contributed by atoms with Gasteiger partial charge >= 0.3 is 6.18 Å². The van der Waals surface area contributed by atoms with Gasteiger partial charge in [0.15, 0.2) is 0 Å². The molecule has 84 valence electrons. The number of alkyl halides is 3. The van der Waals surface area contributed by atoms with Crippen LogP contribution in [0.5, 0.6) is 0 Å². The van der Waals surface area contributed by atoms with Crippen LogP contribution in [-0.2, 0) is 4.79 Å². The fourth-order valence-electron chi connectivity index (χ4n) is 0.991. The second kappa shape index (κ2) is 5.48. The molecular formula is C8H14F3NOS. The van der Waals surface area contributed by atoms with Crippen LogP contribution < -0.4 is 0 Å². The zero-order valence-corrected chi connectivity index (χ0v) is 9.03. The van der Waals surface area contributed by atoms with Crippen LogP contribution >= 0.6 is 12.6 Å². The lowest BCUT2D eigenvalue weighted by atomic mass is 10.3. The lowest BCUT2D eigenvalue weighted by Crippen LogP contribution is -2.43. The monoisotopic (exact) mass is 229 g/mol. The Balaban J connectivity index is 4.37. The molecule has 0 rings (SSSR count). The highest BCUT2D eigenvalue weighted by atomic mass is 32.1. The normalized spacial score (nSPS) is 11.9. The minimum absolute atomic E-state index is 0.0391. The molecule has 2 nitrogen and oxygen atoms in total. The molecule has 0 radical (unpaired) electrons. The van der Waals surface area contributed by atoms with E-state index in [1.807, 2.05) is 0 Å². The molecule has 0 aliphatic carbocycles. The molecule has 0 aromatic carbocycles. The maximum atomic E-state index is 12.1. The minimum atomic E-state index is -4.34. The number of hydrogen-bond acceptors (Lipinski definition) is 2. The third-order valence-corrected chi connectivity index (χ3v) is 1.84. The summed E-state index contributed by atoms with van der Waals surface area (Å²) in [5.74, 6) is -0.243. The molecule has 0 aliphatic heterocycles. The van der Waals surface area contributed by atoms with Gasteiger partial charge in [-0.3, -0.25) is 4.79 Å². The van der Waals surface area contributed by atoms with Crippen molar-refractivity contribution < 1.29 is 18.0 Å². The van der Waals surface area contributed by atoms with E-state index in [4.69, 9.17) is 0 Å². The van der Waals surface area contributed by atoms with Gasteiger partial charge in [0, 0.05) is 12.5 Å². The number of carbonyl (C=O) groups is 1. The SMILES string of the molecule is CC(C)N(CC(F)(F)F)C(=O)CCS. The number of amides is 1. The van der Waals surface area contributed by atoms with Gasteiger partial charge in [0.1, 0.15) is 6.54 Å². The predicted molar refractivity (Wildman–Crippen MR) is 51.4 cm³/mol. The van der Waals surface area contributed by atoms with E-state index in [0.29, 0.717) is 0 Å². The van der Waals surface area contributed by atoms with Gasteiger partial charge in [-0.15, -0.1) is 0 Å². The van der Waals surface area contributed by atoms with Crippen molar-refractivity contribution in [2.45, 2.75) is 32.5 Å². The van der Waals surface area contributed by atoms with Crippen LogP contribution in [0.25, 0.3) is 0 Å². The van der Waals surface area contributed by atoms with E-state index in [1.54, 1.807) is 13.8 Å². The van der Waals surface area contributed by atoms with Gasteiger partial charge in [0.2, 0.25) is 5.91 Å². The van der Waals surface area contributed by atoms with Gasteiger partial charge in [-0.25, -0.2) is 0 Å². The fraction of sp³-hybridized carbons (Fsp3) is 0.875. The largest absolute Gasteiger partial charge is 0.406 e. The minimum Gasteiger partial charge on any atom is -0.331 e. The zero-order valence-electron chi connectivity index (χ0n) is 8.14. The first kappa shape index (κ1) is 13.6. The van der Waals surface area contributed by atoms with Crippen LogP contribution in [0.4, 0.5) is 13.2 Å². The van der Waals surface area contributed by atoms with E-state index >= 15 is 0 Å². The highest BCUT2D eigenvalue weighted by molar-refractivity contribution is 7.80. The molecule has 0 bridgehead atoms. The molecule has 6 heteroatoms. The number of carbonyl (C=O) groups excluding carboxylic acids is 1. The second-order valence-electron chi connectivity index (χ2n) is 3.20. The summed E-state index contributed by atoms with van der Waals surface area (Å²) in [6.45, 7) is 1.93. The van der Waals surface area contributed by atoms with Crippen molar-refractivity contribution in [1.29, 1.82) is 0 Å². The average molecular weight is 229 g/mol. The maximum absolute atomic E-state index is 12.1. The van der Waals surface area contributed by atoms with Gasteiger partial charge in [-0.05, 0) is 19.6 Å². The Kier molecular flexibility index (Phi) is 5.33. The molecule has 0 aromatic rings. The van der Waals surface area contributed by atoms with Crippen molar-refractivity contribution in [2.24, 2.45) is 0 Å². The lowest BCUT2D eigenvalue weighted by molar-refractivity contribution is -0.164. The third-order valence-electron chi connectivity index (χ3n) is 1.62. The van der Waals surface area contributed by atoms with E-state index in [9.17, 15) is 18.0 Å². The summed E-state index contributed by atoms with van der Waals surface area (Å²) in [6, 6.07) is -0.441. The Bertz CT molecular complexity index is 194. The van der Waals surface area contributed by atoms with Gasteiger partial charge in [-0.2, -0.15) is 25.8 Å². The zero-order chi connectivity index (χ0) is 11.4. The number of halogens is 3. The molecule has 1 amide bonds. The molecule has 0 atom stereocenters. The molecule has 0 fully saturated rings. The summed E-state index contributed by atoms with van der Waals surface area (Å²) in [5, 5.41) is 0. The van der Waals surface area contributed by atoms with Crippen LogP contribution in [0.3, 0.4) is 0 Å². The Labute approximate surface area is 86.9 Å². The Morgan fingerprint density at radius 2 is 1.93 bits per heavy atom. The second-order valence-corrected chi connectivity index (χ2v) is 3.65. The number of rotatable bonds is 4. The average Bonchev–Trinajstić information content (AvgIpc) is 1.98. The van der Waals surface area contributed by atoms with Crippen LogP contribution in [0.15, 0.2) is 0 Å². The first-order valence-corrected chi connectivity index (χ1v) is 4.88. The molecule has 0 aromatic heterocycles. The third kappa shape index (κ3) is 5.36. The first-order chi connectivity index (χ1) is 6.28. The van der Waals surface area contributed by atoms with E-state index in [0.717, 1.165) is 4.90 Å². The van der Waals surface area contributed by atoms with E-state index in [2.05, 4.69) is 12.6 Å². The lowest BCUT2D eigenvalue weighted by Gasteiger charge is -2.27. The van der Waals surface area contributed by atoms with Gasteiger partial charge in [-0.1, -0.05) is 0 Å². The summed E-state index contributed by atoms with van der Waals surface area (Å²) < 4.78 is 36.2. The number of nitrogens with zero attached hydrogens (tertiary/aromatic N) is 1. The molecule has 0 saturated heterocycles. The van der Waals surface area contributed by atoms with Crippen LogP contribution in [0.2, 0.25) is 0 Å². The molecule has 0 aliphatic rings. The van der Waals surface area contributed by atoms with Crippen molar-refractivity contribution in [3.8, 4) is 0 Å². The van der Waals surface area contributed by atoms with Gasteiger partial charge in [0.25, 0.3) is 0 Å². The Hall–Kier alpha value is -0.390. The molecule has 0 N–H and O–H groups in total. The van der Waals surface area contributed by atoms with Crippen LogP contribution in [0, 0.1) is 0 Å². The molecule has 0 spiro atoms. The quantitative estimate of drug-likeness (QED) is 0.732. The predicted octanol–water partition coefficient (Wildman–Crippen LogP) is 2.11. The van der Waals surface area contributed by atoms with Crippen LogP contribution in [0.1, 0.15) is 20.3 Å². The summed E-state index contributed by atoms with van der Waals surface area (Å²) >= 11 is 3.81. The molecule has 0 heterocycles. The summed E-state index contributed by atoms with van der Waals surface area (Å²) in [4.78, 5) is 12.1. The van der Waals surface area contributed by atoms with Gasteiger partial charge in [0.05, 0.1) is 0 Å². The van der Waals surface area contributed by atoms with Crippen molar-refractivity contribution in [3.63, 3.8) is 0 Å². The molecular weight excluding hydrogens is 215 g/mol. The van der Waals surface area contributed by atoms with Gasteiger partial charge < -0.3 is 4.90 Å². The smallest absolute Gasteiger partial charge is 0.331 e. The Morgan fingerprint density at radius 3 is 2.21 bits per heavy atom. The molecule has 14 heavy (non-hydrogen) atoms. The highest BCUT2D eigenvalue weighted by Gasteiger charge is 2.33. The van der Waals surface area contributed by atoms with Crippen molar-refractivity contribution in [1.82, 2.24) is 4.90 Å².